The molecule has 0 bridgehead atoms. The number of carbonyl (C=O) groups excluding carboxylic acids is 2. The highest BCUT2D eigenvalue weighted by Crippen LogP contribution is 2.19. The summed E-state index contributed by atoms with van der Waals surface area (Å²) in [5.74, 6) is -0.366. The molecule has 1 heterocycles. The second-order valence-electron chi connectivity index (χ2n) is 4.10. The lowest BCUT2D eigenvalue weighted by atomic mass is 10.2. The summed E-state index contributed by atoms with van der Waals surface area (Å²) in [6.45, 7) is 2.74. The molecule has 6 nitrogen and oxygen atoms in total. The van der Waals surface area contributed by atoms with Crippen molar-refractivity contribution in [2.75, 3.05) is 36.7 Å². The van der Waals surface area contributed by atoms with Gasteiger partial charge in [0, 0.05) is 24.8 Å². The van der Waals surface area contributed by atoms with E-state index in [9.17, 15) is 9.59 Å². The van der Waals surface area contributed by atoms with Gasteiger partial charge in [0.2, 0.25) is 0 Å². The van der Waals surface area contributed by atoms with Gasteiger partial charge in [0.05, 0.1) is 6.61 Å². The largest absolute Gasteiger partial charge is 0.445 e. The molecule has 1 fully saturated rings. The summed E-state index contributed by atoms with van der Waals surface area (Å²) in [6, 6.07) is 7.36. The summed E-state index contributed by atoms with van der Waals surface area (Å²) < 4.78 is 9.86. The first-order valence-electron chi connectivity index (χ1n) is 6.02. The third-order valence-corrected chi connectivity index (χ3v) is 2.72. The number of ether oxygens (including phenoxy) is 2. The number of carbonyl (C=O) groups is 2. The minimum absolute atomic E-state index is 0.0353. The van der Waals surface area contributed by atoms with Crippen LogP contribution in [0.25, 0.3) is 0 Å². The van der Waals surface area contributed by atoms with Crippen LogP contribution >= 0.6 is 0 Å². The number of esters is 1. The number of anilines is 2. The molecule has 0 aromatic heterocycles. The summed E-state index contributed by atoms with van der Waals surface area (Å²) >= 11 is 0. The van der Waals surface area contributed by atoms with Gasteiger partial charge in [-0.05, 0) is 24.3 Å². The van der Waals surface area contributed by atoms with Gasteiger partial charge < -0.3 is 19.7 Å². The zero-order valence-electron chi connectivity index (χ0n) is 10.7. The molecular formula is C13H16N2O4. The van der Waals surface area contributed by atoms with Gasteiger partial charge in [0.25, 0.3) is 5.91 Å². The molecule has 2 rings (SSSR count). The lowest BCUT2D eigenvalue weighted by Crippen LogP contribution is -2.41. The predicted octanol–water partition coefficient (Wildman–Crippen LogP) is 0.982. The third-order valence-electron chi connectivity index (χ3n) is 2.72. The van der Waals surface area contributed by atoms with Crippen molar-refractivity contribution in [3.63, 3.8) is 0 Å². The maximum Gasteiger partial charge on any atom is 0.304 e. The predicted molar refractivity (Wildman–Crippen MR) is 69.9 cm³/mol. The molecule has 0 aliphatic carbocycles. The lowest BCUT2D eigenvalue weighted by Gasteiger charge is -2.26. The Labute approximate surface area is 111 Å². The SMILES string of the molecule is CC(=O)OCNc1ccc(N2CCOCC2=O)cc1. The molecule has 0 spiro atoms. The molecule has 0 atom stereocenters. The number of morpholine rings is 1. The van der Waals surface area contributed by atoms with Crippen molar-refractivity contribution in [3.8, 4) is 0 Å². The average Bonchev–Trinajstić information content (AvgIpc) is 2.40. The molecule has 1 aliphatic heterocycles. The van der Waals surface area contributed by atoms with Crippen LogP contribution in [-0.4, -0.2) is 38.4 Å². The summed E-state index contributed by atoms with van der Waals surface area (Å²) in [6.07, 6.45) is 0. The van der Waals surface area contributed by atoms with Crippen LogP contribution in [-0.2, 0) is 19.1 Å². The fraction of sp³-hybridized carbons (Fsp3) is 0.385. The fourth-order valence-electron chi connectivity index (χ4n) is 1.77. The Balaban J connectivity index is 1.94. The summed E-state index contributed by atoms with van der Waals surface area (Å²) in [7, 11) is 0. The van der Waals surface area contributed by atoms with Crippen molar-refractivity contribution in [2.45, 2.75) is 6.92 Å². The third kappa shape index (κ3) is 3.69. The quantitative estimate of drug-likeness (QED) is 0.648. The average molecular weight is 264 g/mol. The van der Waals surface area contributed by atoms with E-state index in [-0.39, 0.29) is 25.2 Å². The van der Waals surface area contributed by atoms with E-state index in [2.05, 4.69) is 5.32 Å². The molecule has 1 aliphatic rings. The second-order valence-corrected chi connectivity index (χ2v) is 4.10. The van der Waals surface area contributed by atoms with Crippen molar-refractivity contribution in [2.24, 2.45) is 0 Å². The van der Waals surface area contributed by atoms with Gasteiger partial charge >= 0.3 is 5.97 Å². The van der Waals surface area contributed by atoms with Crippen molar-refractivity contribution in [3.05, 3.63) is 24.3 Å². The van der Waals surface area contributed by atoms with Crippen LogP contribution in [0.3, 0.4) is 0 Å². The Hall–Kier alpha value is -2.08. The van der Waals surface area contributed by atoms with E-state index in [1.54, 1.807) is 4.90 Å². The van der Waals surface area contributed by atoms with Gasteiger partial charge in [-0.25, -0.2) is 0 Å². The van der Waals surface area contributed by atoms with Gasteiger partial charge in [-0.3, -0.25) is 9.59 Å². The van der Waals surface area contributed by atoms with Gasteiger partial charge in [0.1, 0.15) is 6.61 Å². The standard InChI is InChI=1S/C13H16N2O4/c1-10(16)19-9-14-11-2-4-12(5-3-11)15-6-7-18-8-13(15)17/h2-5,14H,6-9H2,1H3. The Bertz CT molecular complexity index is 458. The van der Waals surface area contributed by atoms with Crippen molar-refractivity contribution >= 4 is 23.3 Å². The van der Waals surface area contributed by atoms with Crippen LogP contribution in [0.1, 0.15) is 6.92 Å². The maximum absolute atomic E-state index is 11.7. The van der Waals surface area contributed by atoms with E-state index < -0.39 is 0 Å². The molecule has 19 heavy (non-hydrogen) atoms. The van der Waals surface area contributed by atoms with E-state index in [0.717, 1.165) is 11.4 Å². The van der Waals surface area contributed by atoms with Crippen LogP contribution < -0.4 is 10.2 Å². The first-order chi connectivity index (χ1) is 9.16. The lowest BCUT2D eigenvalue weighted by molar-refractivity contribution is -0.140. The zero-order valence-corrected chi connectivity index (χ0v) is 10.7. The number of benzene rings is 1. The molecule has 102 valence electrons. The van der Waals surface area contributed by atoms with Crippen LogP contribution in [0.4, 0.5) is 11.4 Å². The van der Waals surface area contributed by atoms with Gasteiger partial charge in [0.15, 0.2) is 6.73 Å². The first kappa shape index (κ1) is 13.4. The Kier molecular flexibility index (Phi) is 4.35. The Morgan fingerprint density at radius 1 is 1.42 bits per heavy atom. The molecule has 1 aromatic carbocycles. The Morgan fingerprint density at radius 2 is 2.16 bits per heavy atom. The smallest absolute Gasteiger partial charge is 0.304 e. The van der Waals surface area contributed by atoms with Crippen molar-refractivity contribution < 1.29 is 19.1 Å². The van der Waals surface area contributed by atoms with E-state index in [1.807, 2.05) is 24.3 Å². The number of rotatable bonds is 4. The number of hydrogen-bond donors (Lipinski definition) is 1. The minimum Gasteiger partial charge on any atom is -0.445 e. The van der Waals surface area contributed by atoms with E-state index in [0.29, 0.717) is 13.2 Å². The highest BCUT2D eigenvalue weighted by molar-refractivity contribution is 5.94. The zero-order chi connectivity index (χ0) is 13.7. The second kappa shape index (κ2) is 6.19. The molecule has 1 amide bonds. The number of amides is 1. The van der Waals surface area contributed by atoms with Crippen molar-refractivity contribution in [1.29, 1.82) is 0 Å². The number of nitrogens with zero attached hydrogens (tertiary/aromatic N) is 1. The molecule has 0 saturated carbocycles. The molecule has 0 radical (unpaired) electrons. The molecule has 1 N–H and O–H groups in total. The van der Waals surface area contributed by atoms with E-state index in [1.165, 1.54) is 6.92 Å². The van der Waals surface area contributed by atoms with Crippen molar-refractivity contribution in [1.82, 2.24) is 0 Å². The van der Waals surface area contributed by atoms with E-state index >= 15 is 0 Å². The monoisotopic (exact) mass is 264 g/mol. The summed E-state index contributed by atoms with van der Waals surface area (Å²) in [5, 5.41) is 2.95. The number of hydrogen-bond acceptors (Lipinski definition) is 5. The van der Waals surface area contributed by atoms with E-state index in [4.69, 9.17) is 9.47 Å². The highest BCUT2D eigenvalue weighted by Gasteiger charge is 2.19. The highest BCUT2D eigenvalue weighted by atomic mass is 16.5. The molecule has 1 saturated heterocycles. The Morgan fingerprint density at radius 3 is 2.79 bits per heavy atom. The molecular weight excluding hydrogens is 248 g/mol. The topological polar surface area (TPSA) is 67.9 Å². The van der Waals surface area contributed by atoms with Gasteiger partial charge in [-0.1, -0.05) is 0 Å². The van der Waals surface area contributed by atoms with Crippen LogP contribution in [0.2, 0.25) is 0 Å². The molecule has 1 aromatic rings. The van der Waals surface area contributed by atoms with Gasteiger partial charge in [-0.15, -0.1) is 0 Å². The first-order valence-corrected chi connectivity index (χ1v) is 6.02. The maximum atomic E-state index is 11.7. The van der Waals surface area contributed by atoms with Crippen LogP contribution in [0.15, 0.2) is 24.3 Å². The summed E-state index contributed by atoms with van der Waals surface area (Å²) in [4.78, 5) is 24.0. The van der Waals surface area contributed by atoms with Crippen LogP contribution in [0, 0.1) is 0 Å². The minimum atomic E-state index is -0.331. The molecule has 0 unspecified atom stereocenters. The summed E-state index contributed by atoms with van der Waals surface area (Å²) in [5.41, 5.74) is 1.66. The fourth-order valence-corrected chi connectivity index (χ4v) is 1.77. The van der Waals surface area contributed by atoms with Gasteiger partial charge in [-0.2, -0.15) is 0 Å². The normalized spacial score (nSPS) is 15.2. The van der Waals surface area contributed by atoms with Crippen LogP contribution in [0.5, 0.6) is 0 Å². The molecule has 6 heteroatoms. The number of nitrogens with one attached hydrogen (secondary N) is 1.